The predicted molar refractivity (Wildman–Crippen MR) is 76.7 cm³/mol. The van der Waals surface area contributed by atoms with E-state index in [1.54, 1.807) is 14.0 Å². The quantitative estimate of drug-likeness (QED) is 0.171. The van der Waals surface area contributed by atoms with Gasteiger partial charge in [0.05, 0.1) is 13.2 Å². The summed E-state index contributed by atoms with van der Waals surface area (Å²) in [5.41, 5.74) is 4.60. The van der Waals surface area contributed by atoms with Crippen molar-refractivity contribution < 1.29 is 19.5 Å². The van der Waals surface area contributed by atoms with E-state index in [2.05, 4.69) is 10.5 Å². The smallest absolute Gasteiger partial charge is 0.233 e. The predicted octanol–water partition coefficient (Wildman–Crippen LogP) is 0.709. The summed E-state index contributed by atoms with van der Waals surface area (Å²) in [6.07, 6.45) is 2.14. The summed E-state index contributed by atoms with van der Waals surface area (Å²) in [4.78, 5) is 12.0. The van der Waals surface area contributed by atoms with Crippen molar-refractivity contribution in [1.82, 2.24) is 5.32 Å². The van der Waals surface area contributed by atoms with Crippen LogP contribution in [0.5, 0.6) is 0 Å². The highest BCUT2D eigenvalue weighted by atomic mass is 16.5. The lowest BCUT2D eigenvalue weighted by molar-refractivity contribution is -0.127. The average Bonchev–Trinajstić information content (AvgIpc) is 2.47. The van der Waals surface area contributed by atoms with Crippen LogP contribution >= 0.6 is 0 Å². The van der Waals surface area contributed by atoms with E-state index in [0.29, 0.717) is 32.8 Å². The fourth-order valence-corrected chi connectivity index (χ4v) is 1.54. The number of nitrogens with one attached hydrogen (secondary N) is 1. The molecule has 0 aliphatic heterocycles. The van der Waals surface area contributed by atoms with Crippen LogP contribution in [-0.2, 0) is 14.3 Å². The molecule has 7 nitrogen and oxygen atoms in total. The Morgan fingerprint density at radius 3 is 2.60 bits per heavy atom. The molecule has 1 unspecified atom stereocenters. The van der Waals surface area contributed by atoms with Gasteiger partial charge < -0.3 is 25.7 Å². The van der Waals surface area contributed by atoms with Crippen molar-refractivity contribution in [2.45, 2.75) is 33.1 Å². The maximum absolute atomic E-state index is 12.0. The van der Waals surface area contributed by atoms with Crippen LogP contribution in [0.4, 0.5) is 0 Å². The second-order valence-electron chi connectivity index (χ2n) is 4.74. The van der Waals surface area contributed by atoms with Gasteiger partial charge in [-0.2, -0.15) is 0 Å². The molecule has 1 atom stereocenters. The average molecular weight is 289 g/mol. The van der Waals surface area contributed by atoms with E-state index in [4.69, 9.17) is 20.4 Å². The van der Waals surface area contributed by atoms with Crippen molar-refractivity contribution in [2.24, 2.45) is 16.3 Å². The molecule has 0 saturated carbocycles. The van der Waals surface area contributed by atoms with Crippen LogP contribution in [0, 0.1) is 5.41 Å². The number of carbonyl (C=O) groups is 1. The zero-order valence-electron chi connectivity index (χ0n) is 12.6. The number of hydrogen-bond donors (Lipinski definition) is 3. The first-order chi connectivity index (χ1) is 9.52. The number of rotatable bonds is 11. The molecule has 0 aliphatic carbocycles. The zero-order valence-corrected chi connectivity index (χ0v) is 12.6. The Labute approximate surface area is 120 Å². The summed E-state index contributed by atoms with van der Waals surface area (Å²) in [5, 5.41) is 14.5. The number of carbonyl (C=O) groups excluding carboxylic acids is 1. The normalized spacial score (nSPS) is 14.8. The molecule has 0 fully saturated rings. The summed E-state index contributed by atoms with van der Waals surface area (Å²) >= 11 is 0. The first kappa shape index (κ1) is 18.7. The van der Waals surface area contributed by atoms with E-state index in [1.807, 2.05) is 6.92 Å². The lowest BCUT2D eigenvalue weighted by Crippen LogP contribution is -2.47. The van der Waals surface area contributed by atoms with E-state index in [1.165, 1.54) is 0 Å². The molecule has 118 valence electrons. The maximum Gasteiger partial charge on any atom is 0.233 e. The van der Waals surface area contributed by atoms with Crippen molar-refractivity contribution in [3.63, 3.8) is 0 Å². The first-order valence-corrected chi connectivity index (χ1v) is 6.85. The lowest BCUT2D eigenvalue weighted by Gasteiger charge is -2.25. The molecular weight excluding hydrogens is 262 g/mol. The van der Waals surface area contributed by atoms with Crippen molar-refractivity contribution in [3.8, 4) is 0 Å². The molecule has 0 spiro atoms. The standard InChI is InChI=1S/C13H27N3O4/c1-4-13(2,11(14)16-18)12(17)15-7-5-6-8-20-10-9-19-3/h18H,4-10H2,1-3H3,(H2,14,16)(H,15,17). The van der Waals surface area contributed by atoms with Gasteiger partial charge in [-0.15, -0.1) is 0 Å². The number of unbranched alkanes of at least 4 members (excludes halogenated alkanes) is 1. The molecule has 0 radical (unpaired) electrons. The number of nitrogens with zero attached hydrogens (tertiary/aromatic N) is 1. The van der Waals surface area contributed by atoms with Gasteiger partial charge in [0, 0.05) is 20.3 Å². The van der Waals surface area contributed by atoms with Crippen molar-refractivity contribution in [3.05, 3.63) is 0 Å². The van der Waals surface area contributed by atoms with Gasteiger partial charge in [0.1, 0.15) is 5.41 Å². The summed E-state index contributed by atoms with van der Waals surface area (Å²) in [6.45, 7) is 5.84. The van der Waals surface area contributed by atoms with Crippen LogP contribution in [0.15, 0.2) is 5.16 Å². The van der Waals surface area contributed by atoms with Gasteiger partial charge in [-0.3, -0.25) is 4.79 Å². The molecule has 4 N–H and O–H groups in total. The molecule has 0 heterocycles. The monoisotopic (exact) mass is 289 g/mol. The van der Waals surface area contributed by atoms with Crippen LogP contribution in [0.1, 0.15) is 33.1 Å². The highest BCUT2D eigenvalue weighted by Gasteiger charge is 2.35. The molecule has 7 heteroatoms. The van der Waals surface area contributed by atoms with E-state index in [9.17, 15) is 4.79 Å². The van der Waals surface area contributed by atoms with Gasteiger partial charge in [0.25, 0.3) is 0 Å². The molecule has 1 amide bonds. The molecule has 0 bridgehead atoms. The van der Waals surface area contributed by atoms with Crippen LogP contribution in [-0.4, -0.2) is 50.4 Å². The Hall–Kier alpha value is -1.34. The van der Waals surface area contributed by atoms with E-state index in [-0.39, 0.29) is 11.7 Å². The maximum atomic E-state index is 12.0. The molecule has 0 saturated heterocycles. The topological polar surface area (TPSA) is 106 Å². The number of amides is 1. The molecule has 0 aromatic carbocycles. The van der Waals surface area contributed by atoms with Gasteiger partial charge in [0.15, 0.2) is 5.84 Å². The summed E-state index contributed by atoms with van der Waals surface area (Å²) in [7, 11) is 1.63. The van der Waals surface area contributed by atoms with Crippen molar-refractivity contribution in [2.75, 3.05) is 33.5 Å². The molecule has 0 aromatic rings. The number of hydrogen-bond acceptors (Lipinski definition) is 5. The Balaban J connectivity index is 3.87. The summed E-state index contributed by atoms with van der Waals surface area (Å²) in [5.74, 6) is -0.295. The van der Waals surface area contributed by atoms with Crippen molar-refractivity contribution in [1.29, 1.82) is 0 Å². The minimum atomic E-state index is -0.969. The molecule has 0 rings (SSSR count). The lowest BCUT2D eigenvalue weighted by atomic mass is 9.85. The minimum Gasteiger partial charge on any atom is -0.409 e. The van der Waals surface area contributed by atoms with E-state index < -0.39 is 5.41 Å². The number of methoxy groups -OCH3 is 1. The highest BCUT2D eigenvalue weighted by Crippen LogP contribution is 2.21. The fourth-order valence-electron chi connectivity index (χ4n) is 1.54. The SMILES string of the molecule is CCC(C)(C(=O)NCCCCOCCOC)C(N)=NO. The Morgan fingerprint density at radius 2 is 2.05 bits per heavy atom. The third-order valence-corrected chi connectivity index (χ3v) is 3.31. The van der Waals surface area contributed by atoms with Crippen LogP contribution < -0.4 is 11.1 Å². The van der Waals surface area contributed by atoms with Gasteiger partial charge >= 0.3 is 0 Å². The zero-order chi connectivity index (χ0) is 15.4. The third-order valence-electron chi connectivity index (χ3n) is 3.31. The number of ether oxygens (including phenoxy) is 2. The number of nitrogens with two attached hydrogens (primary N) is 1. The number of oxime groups is 1. The second kappa shape index (κ2) is 10.4. The molecule has 0 aromatic heterocycles. The van der Waals surface area contributed by atoms with E-state index >= 15 is 0 Å². The van der Waals surface area contributed by atoms with E-state index in [0.717, 1.165) is 12.8 Å². The Kier molecular flexibility index (Phi) is 9.75. The van der Waals surface area contributed by atoms with Crippen LogP contribution in [0.3, 0.4) is 0 Å². The van der Waals surface area contributed by atoms with Crippen LogP contribution in [0.25, 0.3) is 0 Å². The third kappa shape index (κ3) is 6.21. The Bertz CT molecular complexity index is 310. The first-order valence-electron chi connectivity index (χ1n) is 6.85. The van der Waals surface area contributed by atoms with Gasteiger partial charge in [0.2, 0.25) is 5.91 Å². The highest BCUT2D eigenvalue weighted by molar-refractivity contribution is 6.06. The van der Waals surface area contributed by atoms with Gasteiger partial charge in [-0.25, -0.2) is 0 Å². The molecule has 20 heavy (non-hydrogen) atoms. The molecular formula is C13H27N3O4. The van der Waals surface area contributed by atoms with Gasteiger partial charge in [-0.05, 0) is 26.2 Å². The fraction of sp³-hybridized carbons (Fsp3) is 0.846. The Morgan fingerprint density at radius 1 is 1.35 bits per heavy atom. The largest absolute Gasteiger partial charge is 0.409 e. The second-order valence-corrected chi connectivity index (χ2v) is 4.74. The molecule has 0 aliphatic rings. The summed E-state index contributed by atoms with van der Waals surface area (Å²) in [6, 6.07) is 0. The summed E-state index contributed by atoms with van der Waals surface area (Å²) < 4.78 is 10.2. The van der Waals surface area contributed by atoms with Gasteiger partial charge in [-0.1, -0.05) is 12.1 Å². The number of amidine groups is 1. The minimum absolute atomic E-state index is 0.0691. The van der Waals surface area contributed by atoms with Crippen LogP contribution in [0.2, 0.25) is 0 Å². The van der Waals surface area contributed by atoms with Crippen molar-refractivity contribution >= 4 is 11.7 Å².